The molecule has 1 aromatic rings. The molecule has 2 bridgehead atoms. The number of anilines is 1. The van der Waals surface area contributed by atoms with Crippen LogP contribution in [0.25, 0.3) is 0 Å². The van der Waals surface area contributed by atoms with E-state index in [-0.39, 0.29) is 22.7 Å². The summed E-state index contributed by atoms with van der Waals surface area (Å²) in [4.78, 5) is 27.1. The number of hydrogen-bond donors (Lipinski definition) is 1. The Morgan fingerprint density at radius 1 is 1.16 bits per heavy atom. The molecule has 0 aromatic heterocycles. The zero-order valence-electron chi connectivity index (χ0n) is 13.7. The molecule has 7 heteroatoms. The summed E-state index contributed by atoms with van der Waals surface area (Å²) < 4.78 is 5.92. The van der Waals surface area contributed by atoms with Crippen molar-refractivity contribution < 1.29 is 19.4 Å². The van der Waals surface area contributed by atoms with E-state index < -0.39 is 35.0 Å². The summed E-state index contributed by atoms with van der Waals surface area (Å²) in [6.07, 6.45) is -0.514. The number of hydrogen-bond acceptors (Lipinski definition) is 6. The average molecular weight is 337 g/mol. The van der Waals surface area contributed by atoms with Gasteiger partial charge in [0.15, 0.2) is 0 Å². The molecule has 3 heterocycles. The molecule has 2 amide bonds. The summed E-state index contributed by atoms with van der Waals surface area (Å²) in [7, 11) is 0. The molecule has 0 aliphatic carbocycles. The SMILES string of the molecule is C[C@]12O[C@](C)(C[C@@H]1O)[C@H]1C(=O)N(c3ccc(C#N)c(C#N)c3)C(=O)[C@H]12. The van der Waals surface area contributed by atoms with Crippen molar-refractivity contribution in [3.05, 3.63) is 29.3 Å². The molecule has 126 valence electrons. The lowest BCUT2D eigenvalue weighted by Gasteiger charge is -2.31. The Bertz CT molecular complexity index is 914. The molecule has 3 aliphatic rings. The Balaban J connectivity index is 1.81. The molecule has 0 spiro atoms. The number of aliphatic hydroxyl groups excluding tert-OH is 1. The predicted molar refractivity (Wildman–Crippen MR) is 83.9 cm³/mol. The van der Waals surface area contributed by atoms with Crippen molar-refractivity contribution in [3.63, 3.8) is 0 Å². The van der Waals surface area contributed by atoms with Crippen LogP contribution in [0.2, 0.25) is 0 Å². The van der Waals surface area contributed by atoms with Gasteiger partial charge in [0.05, 0.1) is 40.4 Å². The minimum absolute atomic E-state index is 0.106. The van der Waals surface area contributed by atoms with Gasteiger partial charge in [0.25, 0.3) is 0 Å². The highest BCUT2D eigenvalue weighted by Crippen LogP contribution is 2.60. The average Bonchev–Trinajstić information content (AvgIpc) is 3.08. The van der Waals surface area contributed by atoms with Crippen LogP contribution in [0.4, 0.5) is 5.69 Å². The van der Waals surface area contributed by atoms with Crippen LogP contribution < -0.4 is 4.90 Å². The second kappa shape index (κ2) is 4.66. The molecule has 3 fully saturated rings. The molecule has 5 atom stereocenters. The summed E-state index contributed by atoms with van der Waals surface area (Å²) >= 11 is 0. The van der Waals surface area contributed by atoms with Crippen LogP contribution in [-0.2, 0) is 14.3 Å². The van der Waals surface area contributed by atoms with Gasteiger partial charge in [0.2, 0.25) is 11.8 Å². The van der Waals surface area contributed by atoms with Crippen LogP contribution in [0, 0.1) is 34.5 Å². The van der Waals surface area contributed by atoms with Crippen molar-refractivity contribution in [1.29, 1.82) is 10.5 Å². The minimum atomic E-state index is -1.09. The fourth-order valence-corrected chi connectivity index (χ4v) is 4.64. The lowest BCUT2D eigenvalue weighted by Crippen LogP contribution is -2.49. The fraction of sp³-hybridized carbons (Fsp3) is 0.444. The summed E-state index contributed by atoms with van der Waals surface area (Å²) in [6, 6.07) is 8.09. The largest absolute Gasteiger partial charge is 0.390 e. The third-order valence-corrected chi connectivity index (χ3v) is 5.80. The highest BCUT2D eigenvalue weighted by atomic mass is 16.6. The van der Waals surface area contributed by atoms with Crippen LogP contribution in [0.15, 0.2) is 18.2 Å². The molecule has 3 aliphatic heterocycles. The van der Waals surface area contributed by atoms with Crippen molar-refractivity contribution in [1.82, 2.24) is 0 Å². The van der Waals surface area contributed by atoms with Gasteiger partial charge in [-0.25, -0.2) is 4.90 Å². The van der Waals surface area contributed by atoms with Gasteiger partial charge in [-0.2, -0.15) is 10.5 Å². The van der Waals surface area contributed by atoms with Crippen molar-refractivity contribution in [3.8, 4) is 12.1 Å². The van der Waals surface area contributed by atoms with Gasteiger partial charge < -0.3 is 9.84 Å². The van der Waals surface area contributed by atoms with Gasteiger partial charge >= 0.3 is 0 Å². The first-order valence-corrected chi connectivity index (χ1v) is 7.97. The van der Waals surface area contributed by atoms with Crippen molar-refractivity contribution in [2.45, 2.75) is 37.6 Å². The Morgan fingerprint density at radius 2 is 1.80 bits per heavy atom. The number of carbonyl (C=O) groups excluding carboxylic acids is 2. The normalized spacial score (nSPS) is 38.6. The lowest BCUT2D eigenvalue weighted by molar-refractivity contribution is -0.132. The maximum absolute atomic E-state index is 13.0. The number of nitrogens with zero attached hydrogens (tertiary/aromatic N) is 3. The number of carbonyl (C=O) groups is 2. The van der Waals surface area contributed by atoms with Crippen LogP contribution >= 0.6 is 0 Å². The maximum atomic E-state index is 13.0. The van der Waals surface area contributed by atoms with E-state index in [0.717, 1.165) is 4.90 Å². The number of rotatable bonds is 1. The van der Waals surface area contributed by atoms with E-state index in [1.165, 1.54) is 18.2 Å². The number of imide groups is 1. The highest BCUT2D eigenvalue weighted by Gasteiger charge is 2.75. The molecular formula is C18H15N3O4. The Kier molecular flexibility index (Phi) is 2.94. The molecular weight excluding hydrogens is 322 g/mol. The molecule has 3 saturated heterocycles. The van der Waals surface area contributed by atoms with Gasteiger partial charge in [0.1, 0.15) is 17.7 Å². The monoisotopic (exact) mass is 337 g/mol. The topological polar surface area (TPSA) is 114 Å². The maximum Gasteiger partial charge on any atom is 0.240 e. The smallest absolute Gasteiger partial charge is 0.240 e. The van der Waals surface area contributed by atoms with Gasteiger partial charge in [0, 0.05) is 6.42 Å². The van der Waals surface area contributed by atoms with E-state index in [2.05, 4.69) is 0 Å². The number of fused-ring (bicyclic) bond motifs is 5. The second-order valence-corrected chi connectivity index (χ2v) is 7.24. The zero-order chi connectivity index (χ0) is 18.1. The van der Waals surface area contributed by atoms with Crippen molar-refractivity contribution in [2.24, 2.45) is 11.8 Å². The van der Waals surface area contributed by atoms with Gasteiger partial charge in [-0.15, -0.1) is 0 Å². The lowest BCUT2D eigenvalue weighted by atomic mass is 9.67. The van der Waals surface area contributed by atoms with Gasteiger partial charge in [-0.3, -0.25) is 9.59 Å². The molecule has 1 aromatic carbocycles. The van der Waals surface area contributed by atoms with E-state index in [1.807, 2.05) is 12.1 Å². The summed E-state index contributed by atoms with van der Waals surface area (Å²) in [5.74, 6) is -2.24. The minimum Gasteiger partial charge on any atom is -0.390 e. The first-order valence-electron chi connectivity index (χ1n) is 7.97. The molecule has 25 heavy (non-hydrogen) atoms. The van der Waals surface area contributed by atoms with Crippen LogP contribution in [-0.4, -0.2) is 34.2 Å². The number of benzene rings is 1. The van der Waals surface area contributed by atoms with Crippen LogP contribution in [0.3, 0.4) is 0 Å². The number of aliphatic hydroxyl groups is 1. The Hall–Kier alpha value is -2.74. The zero-order valence-corrected chi connectivity index (χ0v) is 13.7. The predicted octanol–water partition coefficient (Wildman–Crippen LogP) is 0.848. The number of amides is 2. The number of ether oxygens (including phenoxy) is 1. The quantitative estimate of drug-likeness (QED) is 0.760. The fourth-order valence-electron chi connectivity index (χ4n) is 4.64. The van der Waals surface area contributed by atoms with E-state index >= 15 is 0 Å². The molecule has 0 unspecified atom stereocenters. The Labute approximate surface area is 144 Å². The van der Waals surface area contributed by atoms with Crippen LogP contribution in [0.1, 0.15) is 31.4 Å². The highest BCUT2D eigenvalue weighted by molar-refractivity contribution is 6.23. The molecule has 0 radical (unpaired) electrons. The summed E-state index contributed by atoms with van der Waals surface area (Å²) in [5.41, 5.74) is -1.42. The molecule has 4 rings (SSSR count). The first-order chi connectivity index (χ1) is 11.8. The van der Waals surface area contributed by atoms with E-state index in [1.54, 1.807) is 13.8 Å². The molecule has 7 nitrogen and oxygen atoms in total. The first kappa shape index (κ1) is 15.8. The van der Waals surface area contributed by atoms with Crippen molar-refractivity contribution in [2.75, 3.05) is 4.90 Å². The van der Waals surface area contributed by atoms with E-state index in [4.69, 9.17) is 10.00 Å². The van der Waals surface area contributed by atoms with E-state index in [0.29, 0.717) is 6.42 Å². The second-order valence-electron chi connectivity index (χ2n) is 7.24. The summed E-state index contributed by atoms with van der Waals surface area (Å²) in [5, 5.41) is 28.5. The van der Waals surface area contributed by atoms with Crippen LogP contribution in [0.5, 0.6) is 0 Å². The number of nitriles is 2. The van der Waals surface area contributed by atoms with Crippen molar-refractivity contribution >= 4 is 17.5 Å². The third-order valence-electron chi connectivity index (χ3n) is 5.80. The molecule has 0 saturated carbocycles. The summed E-state index contributed by atoms with van der Waals surface area (Å²) in [6.45, 7) is 3.42. The standard InChI is InChI=1S/C18H15N3O4/c1-17-6-12(22)18(2,25-17)14-13(17)15(23)21(16(14)24)11-4-3-9(7-19)10(5-11)8-20/h3-5,12-14,22H,6H2,1-2H3/t12-,13+,14-,17+,18-/m0/s1. The van der Waals surface area contributed by atoms with Gasteiger partial charge in [-0.05, 0) is 32.0 Å². The third kappa shape index (κ3) is 1.74. The Morgan fingerprint density at radius 3 is 2.44 bits per heavy atom. The van der Waals surface area contributed by atoms with E-state index in [9.17, 15) is 20.0 Å². The van der Waals surface area contributed by atoms with Gasteiger partial charge in [-0.1, -0.05) is 0 Å². The molecule has 1 N–H and O–H groups in total.